The first-order chi connectivity index (χ1) is 15.1. The lowest BCUT2D eigenvalue weighted by Crippen LogP contribution is -2.38. The molecule has 0 spiro atoms. The number of nitrogens with zero attached hydrogens (tertiary/aromatic N) is 4. The zero-order chi connectivity index (χ0) is 23.9. The van der Waals surface area contributed by atoms with Gasteiger partial charge in [0.15, 0.2) is 0 Å². The van der Waals surface area contributed by atoms with Crippen molar-refractivity contribution in [1.29, 1.82) is 0 Å². The molecule has 0 saturated carbocycles. The van der Waals surface area contributed by atoms with Crippen molar-refractivity contribution >= 4 is 27.0 Å². The molecule has 0 atom stereocenters. The number of likely N-dealkylation sites (N-methyl/N-ethyl adjacent to an activating group) is 1. The number of aryl methyl sites for hydroxylation is 2. The van der Waals surface area contributed by atoms with Gasteiger partial charge in [-0.2, -0.15) is 0 Å². The van der Waals surface area contributed by atoms with Gasteiger partial charge in [0.1, 0.15) is 5.82 Å². The molecule has 1 aromatic carbocycles. The van der Waals surface area contributed by atoms with Gasteiger partial charge >= 0.3 is 0 Å². The van der Waals surface area contributed by atoms with Crippen molar-refractivity contribution < 1.29 is 13.2 Å². The number of fused-ring (bicyclic) bond motifs is 1. The summed E-state index contributed by atoms with van der Waals surface area (Å²) in [5.74, 6) is 0.829. The second kappa shape index (κ2) is 11.8. The molecule has 2 rings (SSSR count). The highest BCUT2D eigenvalue weighted by atomic mass is 32.2. The summed E-state index contributed by atoms with van der Waals surface area (Å²) in [7, 11) is -0.488. The minimum absolute atomic E-state index is 0.00906. The highest BCUT2D eigenvalue weighted by Gasteiger charge is 2.20. The van der Waals surface area contributed by atoms with Gasteiger partial charge in [0, 0.05) is 52.6 Å². The van der Waals surface area contributed by atoms with E-state index in [1.165, 1.54) is 18.4 Å². The Bertz CT molecular complexity index is 998. The van der Waals surface area contributed by atoms with Crippen molar-refractivity contribution in [2.45, 2.75) is 70.9 Å². The van der Waals surface area contributed by atoms with Gasteiger partial charge in [0.25, 0.3) is 0 Å². The van der Waals surface area contributed by atoms with E-state index in [-0.39, 0.29) is 10.8 Å². The SMILES string of the molecule is CCCCn1c(CCC(=O)NCCN(CC)C(C)C)nc2cc(S(=O)(=O)N(C)C)ccc21. The maximum atomic E-state index is 12.5. The molecule has 0 radical (unpaired) electrons. The van der Waals surface area contributed by atoms with Crippen molar-refractivity contribution in [3.63, 3.8) is 0 Å². The molecular formula is C23H39N5O3S. The number of unbranched alkanes of at least 4 members (excludes halogenated alkanes) is 1. The molecule has 9 heteroatoms. The molecule has 32 heavy (non-hydrogen) atoms. The van der Waals surface area contributed by atoms with Gasteiger partial charge in [-0.15, -0.1) is 0 Å². The summed E-state index contributed by atoms with van der Waals surface area (Å²) >= 11 is 0. The lowest BCUT2D eigenvalue weighted by atomic mass is 10.2. The van der Waals surface area contributed by atoms with Crippen LogP contribution in [-0.2, 0) is 27.8 Å². The number of rotatable bonds is 13. The van der Waals surface area contributed by atoms with Crippen LogP contribution in [0.15, 0.2) is 23.1 Å². The van der Waals surface area contributed by atoms with Crippen LogP contribution in [0.3, 0.4) is 0 Å². The van der Waals surface area contributed by atoms with Crippen LogP contribution in [0.4, 0.5) is 0 Å². The van der Waals surface area contributed by atoms with Crippen LogP contribution in [0.25, 0.3) is 11.0 Å². The first kappa shape index (κ1) is 26.3. The Morgan fingerprint density at radius 3 is 2.53 bits per heavy atom. The van der Waals surface area contributed by atoms with Crippen LogP contribution in [0, 0.1) is 0 Å². The topological polar surface area (TPSA) is 87.5 Å². The fourth-order valence-electron chi connectivity index (χ4n) is 3.72. The Morgan fingerprint density at radius 1 is 1.22 bits per heavy atom. The molecular weight excluding hydrogens is 426 g/mol. The second-order valence-corrected chi connectivity index (χ2v) is 10.7. The summed E-state index contributed by atoms with van der Waals surface area (Å²) < 4.78 is 28.3. The number of hydrogen-bond acceptors (Lipinski definition) is 5. The van der Waals surface area contributed by atoms with Crippen LogP contribution in [0.1, 0.15) is 52.8 Å². The Hall–Kier alpha value is -1.97. The fourth-order valence-corrected chi connectivity index (χ4v) is 4.64. The van der Waals surface area contributed by atoms with E-state index in [1.807, 2.05) is 6.07 Å². The summed E-state index contributed by atoms with van der Waals surface area (Å²) in [5.41, 5.74) is 1.55. The second-order valence-electron chi connectivity index (χ2n) is 8.54. The van der Waals surface area contributed by atoms with E-state index >= 15 is 0 Å². The normalized spacial score (nSPS) is 12.4. The van der Waals surface area contributed by atoms with E-state index in [2.05, 4.69) is 42.5 Å². The average molecular weight is 466 g/mol. The van der Waals surface area contributed by atoms with Gasteiger partial charge in [-0.05, 0) is 45.0 Å². The minimum atomic E-state index is -3.52. The van der Waals surface area contributed by atoms with Crippen LogP contribution < -0.4 is 5.32 Å². The quantitative estimate of drug-likeness (QED) is 0.491. The summed E-state index contributed by atoms with van der Waals surface area (Å²) in [6.07, 6.45) is 2.90. The molecule has 0 bridgehead atoms. The van der Waals surface area contributed by atoms with Crippen molar-refractivity contribution in [1.82, 2.24) is 24.1 Å². The van der Waals surface area contributed by atoms with E-state index in [0.717, 1.165) is 43.8 Å². The molecule has 8 nitrogen and oxygen atoms in total. The summed E-state index contributed by atoms with van der Waals surface area (Å²) in [6, 6.07) is 5.54. The van der Waals surface area contributed by atoms with Gasteiger partial charge < -0.3 is 9.88 Å². The van der Waals surface area contributed by atoms with E-state index in [9.17, 15) is 13.2 Å². The third-order valence-electron chi connectivity index (χ3n) is 5.75. The Morgan fingerprint density at radius 2 is 1.94 bits per heavy atom. The molecule has 1 N–H and O–H groups in total. The summed E-state index contributed by atoms with van der Waals surface area (Å²) in [4.78, 5) is 19.6. The van der Waals surface area contributed by atoms with Crippen molar-refractivity contribution in [2.75, 3.05) is 33.7 Å². The lowest BCUT2D eigenvalue weighted by Gasteiger charge is -2.24. The zero-order valence-electron chi connectivity index (χ0n) is 20.4. The number of carbonyl (C=O) groups is 1. The van der Waals surface area contributed by atoms with Crippen molar-refractivity contribution in [2.24, 2.45) is 0 Å². The van der Waals surface area contributed by atoms with E-state index in [1.54, 1.807) is 12.1 Å². The number of sulfonamides is 1. The van der Waals surface area contributed by atoms with Crippen LogP contribution in [-0.4, -0.2) is 72.9 Å². The van der Waals surface area contributed by atoms with Gasteiger partial charge in [-0.1, -0.05) is 20.3 Å². The predicted molar refractivity (Wildman–Crippen MR) is 129 cm³/mol. The molecule has 1 heterocycles. The van der Waals surface area contributed by atoms with Gasteiger partial charge in [-0.25, -0.2) is 17.7 Å². The number of amides is 1. The van der Waals surface area contributed by atoms with E-state index in [4.69, 9.17) is 4.98 Å². The largest absolute Gasteiger partial charge is 0.355 e. The fraction of sp³-hybridized carbons (Fsp3) is 0.652. The molecule has 2 aromatic rings. The van der Waals surface area contributed by atoms with Crippen LogP contribution in [0.5, 0.6) is 0 Å². The first-order valence-corrected chi connectivity index (χ1v) is 13.0. The van der Waals surface area contributed by atoms with Gasteiger partial charge in [0.05, 0.1) is 15.9 Å². The third kappa shape index (κ3) is 6.52. The van der Waals surface area contributed by atoms with E-state index in [0.29, 0.717) is 30.9 Å². The molecule has 0 aliphatic heterocycles. The first-order valence-electron chi connectivity index (χ1n) is 11.5. The smallest absolute Gasteiger partial charge is 0.242 e. The highest BCUT2D eigenvalue weighted by Crippen LogP contribution is 2.23. The zero-order valence-corrected chi connectivity index (χ0v) is 21.2. The van der Waals surface area contributed by atoms with Crippen LogP contribution >= 0.6 is 0 Å². The Kier molecular flexibility index (Phi) is 9.66. The molecule has 180 valence electrons. The summed E-state index contributed by atoms with van der Waals surface area (Å²) in [5, 5.41) is 3.01. The number of benzene rings is 1. The number of hydrogen-bond donors (Lipinski definition) is 1. The molecule has 0 unspecified atom stereocenters. The maximum Gasteiger partial charge on any atom is 0.242 e. The molecule has 0 fully saturated rings. The van der Waals surface area contributed by atoms with Crippen LogP contribution in [0.2, 0.25) is 0 Å². The molecule has 0 aliphatic carbocycles. The number of nitrogens with one attached hydrogen (secondary N) is 1. The number of imidazole rings is 1. The van der Waals surface area contributed by atoms with E-state index < -0.39 is 10.0 Å². The number of carbonyl (C=O) groups excluding carboxylic acids is 1. The lowest BCUT2D eigenvalue weighted by molar-refractivity contribution is -0.121. The molecule has 1 amide bonds. The van der Waals surface area contributed by atoms with Crippen molar-refractivity contribution in [3.8, 4) is 0 Å². The predicted octanol–water partition coefficient (Wildman–Crippen LogP) is 2.87. The third-order valence-corrected chi connectivity index (χ3v) is 7.56. The standard InChI is InChI=1S/C23H39N5O3S/c1-7-9-15-28-21-11-10-19(32(30,31)26(5)6)17-20(21)25-22(28)12-13-23(29)24-14-16-27(8-2)18(3)4/h10-11,17-18H,7-9,12-16H2,1-6H3,(H,24,29). The molecule has 1 aromatic heterocycles. The monoisotopic (exact) mass is 465 g/mol. The van der Waals surface area contributed by atoms with Crippen molar-refractivity contribution in [3.05, 3.63) is 24.0 Å². The average Bonchev–Trinajstić information content (AvgIpc) is 3.09. The highest BCUT2D eigenvalue weighted by molar-refractivity contribution is 7.89. The maximum absolute atomic E-state index is 12.5. The minimum Gasteiger partial charge on any atom is -0.355 e. The van der Waals surface area contributed by atoms with Gasteiger partial charge in [0.2, 0.25) is 15.9 Å². The van der Waals surface area contributed by atoms with Gasteiger partial charge in [-0.3, -0.25) is 9.69 Å². The number of aromatic nitrogens is 2. The summed E-state index contributed by atoms with van der Waals surface area (Å²) in [6.45, 7) is 11.8. The molecule has 0 aliphatic rings. The Balaban J connectivity index is 2.14. The Labute approximate surface area is 193 Å². The molecule has 0 saturated heterocycles.